The van der Waals surface area contributed by atoms with E-state index in [1.807, 2.05) is 6.07 Å². The van der Waals surface area contributed by atoms with E-state index >= 15 is 0 Å². The van der Waals surface area contributed by atoms with Crippen LogP contribution in [-0.4, -0.2) is 0 Å². The lowest BCUT2D eigenvalue weighted by Crippen LogP contribution is -2.21. The van der Waals surface area contributed by atoms with Gasteiger partial charge in [0.15, 0.2) is 11.6 Å². The average Bonchev–Trinajstić information content (AvgIpc) is 2.91. The Labute approximate surface area is 221 Å². The van der Waals surface area contributed by atoms with Gasteiger partial charge in [0.1, 0.15) is 0 Å². The molecule has 3 rings (SSSR count). The average molecular weight is 499 g/mol. The Kier molecular flexibility index (Phi) is 13.3. The molecule has 36 heavy (non-hydrogen) atoms. The first-order valence-corrected chi connectivity index (χ1v) is 15.5. The van der Waals surface area contributed by atoms with Crippen molar-refractivity contribution in [2.45, 2.75) is 136 Å². The van der Waals surface area contributed by atoms with Crippen molar-refractivity contribution in [3.05, 3.63) is 53.1 Å². The van der Waals surface area contributed by atoms with Crippen LogP contribution < -0.4 is 0 Å². The Morgan fingerprint density at radius 3 is 2.00 bits per heavy atom. The summed E-state index contributed by atoms with van der Waals surface area (Å²) in [6.07, 6.45) is 30.2. The summed E-state index contributed by atoms with van der Waals surface area (Å²) < 4.78 is 29.7. The molecule has 0 saturated heterocycles. The Balaban J connectivity index is 1.41. The van der Waals surface area contributed by atoms with Crippen LogP contribution in [0.5, 0.6) is 0 Å². The van der Waals surface area contributed by atoms with Gasteiger partial charge in [0.2, 0.25) is 0 Å². The van der Waals surface area contributed by atoms with Crippen molar-refractivity contribution in [2.24, 2.45) is 17.8 Å². The van der Waals surface area contributed by atoms with Gasteiger partial charge >= 0.3 is 0 Å². The van der Waals surface area contributed by atoms with Gasteiger partial charge in [-0.1, -0.05) is 134 Å². The van der Waals surface area contributed by atoms with Crippen molar-refractivity contribution in [1.29, 1.82) is 0 Å². The lowest BCUT2D eigenvalue weighted by atomic mass is 9.72. The van der Waals surface area contributed by atoms with E-state index in [4.69, 9.17) is 0 Å². The minimum Gasteiger partial charge on any atom is -0.203 e. The molecule has 0 amide bonds. The minimum absolute atomic E-state index is 0.427. The normalized spacial score (nSPS) is 22.1. The van der Waals surface area contributed by atoms with E-state index in [2.05, 4.69) is 32.1 Å². The molecule has 0 bridgehead atoms. The van der Waals surface area contributed by atoms with Crippen LogP contribution in [0, 0.1) is 29.4 Å². The van der Waals surface area contributed by atoms with Crippen molar-refractivity contribution in [3.63, 3.8) is 0 Å². The second-order valence-corrected chi connectivity index (χ2v) is 11.7. The zero-order valence-corrected chi connectivity index (χ0v) is 23.3. The first-order chi connectivity index (χ1) is 17.6. The first-order valence-electron chi connectivity index (χ1n) is 15.5. The zero-order valence-electron chi connectivity index (χ0n) is 23.3. The number of halogens is 2. The largest absolute Gasteiger partial charge is 0.203 e. The fourth-order valence-corrected chi connectivity index (χ4v) is 6.41. The topological polar surface area (TPSA) is 0 Å². The number of hydrogen-bond acceptors (Lipinski definition) is 0. The van der Waals surface area contributed by atoms with E-state index in [0.29, 0.717) is 23.5 Å². The smallest absolute Gasteiger partial charge is 0.166 e. The summed E-state index contributed by atoms with van der Waals surface area (Å²) in [5.74, 6) is 0.937. The van der Waals surface area contributed by atoms with Crippen LogP contribution >= 0.6 is 0 Å². The van der Waals surface area contributed by atoms with Gasteiger partial charge in [0.05, 0.1) is 0 Å². The molecular weight excluding hydrogens is 446 g/mol. The SMILES string of the molecule is CCCCCCCCc1ccc(C2=CCC([C@H]3CC[C@H](CCCCCCCC)CC3)C=C2)c(F)c1F. The molecule has 0 nitrogen and oxygen atoms in total. The molecule has 0 aliphatic heterocycles. The summed E-state index contributed by atoms with van der Waals surface area (Å²) in [5, 5.41) is 0. The standard InChI is InChI=1S/C34H52F2/c1-3-5-7-9-11-13-15-27-17-19-28(20-18-27)29-21-23-30(24-22-29)32-26-25-31(33(35)34(32)36)16-14-12-10-8-6-4-2/h21,23-29H,3-20,22H2,1-2H3/t27-,28-,29?. The maximum atomic E-state index is 15.0. The molecule has 0 spiro atoms. The van der Waals surface area contributed by atoms with Crippen molar-refractivity contribution in [3.8, 4) is 0 Å². The Bertz CT molecular complexity index is 813. The molecule has 2 aliphatic rings. The predicted octanol–water partition coefficient (Wildman–Crippen LogP) is 11.4. The Hall–Kier alpha value is -1.44. The number of unbranched alkanes of at least 4 members (excludes halogenated alkanes) is 10. The van der Waals surface area contributed by atoms with Crippen LogP contribution in [0.15, 0.2) is 30.4 Å². The van der Waals surface area contributed by atoms with Crippen molar-refractivity contribution in [2.75, 3.05) is 0 Å². The highest BCUT2D eigenvalue weighted by atomic mass is 19.2. The summed E-state index contributed by atoms with van der Waals surface area (Å²) in [7, 11) is 0. The molecule has 1 aromatic rings. The Morgan fingerprint density at radius 1 is 0.722 bits per heavy atom. The van der Waals surface area contributed by atoms with Gasteiger partial charge in [0, 0.05) is 5.56 Å². The van der Waals surface area contributed by atoms with Crippen molar-refractivity contribution in [1.82, 2.24) is 0 Å². The number of rotatable bonds is 16. The van der Waals surface area contributed by atoms with E-state index in [9.17, 15) is 8.78 Å². The number of hydrogen-bond donors (Lipinski definition) is 0. The molecule has 2 heteroatoms. The van der Waals surface area contributed by atoms with Crippen molar-refractivity contribution < 1.29 is 8.78 Å². The van der Waals surface area contributed by atoms with E-state index in [0.717, 1.165) is 36.7 Å². The molecule has 1 saturated carbocycles. The minimum atomic E-state index is -0.664. The van der Waals surface area contributed by atoms with Crippen LogP contribution in [0.25, 0.3) is 5.57 Å². The highest BCUT2D eigenvalue weighted by Gasteiger charge is 2.27. The van der Waals surface area contributed by atoms with Crippen LogP contribution in [0.4, 0.5) is 8.78 Å². The predicted molar refractivity (Wildman–Crippen MR) is 152 cm³/mol. The van der Waals surface area contributed by atoms with E-state index in [1.165, 1.54) is 96.3 Å². The molecule has 1 aromatic carbocycles. The third-order valence-corrected chi connectivity index (χ3v) is 8.87. The lowest BCUT2D eigenvalue weighted by molar-refractivity contribution is 0.218. The molecule has 202 valence electrons. The second kappa shape index (κ2) is 16.4. The maximum absolute atomic E-state index is 15.0. The third kappa shape index (κ3) is 9.14. The summed E-state index contributed by atoms with van der Waals surface area (Å²) in [6.45, 7) is 4.49. The fraction of sp³-hybridized carbons (Fsp3) is 0.706. The van der Waals surface area contributed by atoms with Crippen LogP contribution in [-0.2, 0) is 6.42 Å². The van der Waals surface area contributed by atoms with Gasteiger partial charge in [0.25, 0.3) is 0 Å². The monoisotopic (exact) mass is 498 g/mol. The maximum Gasteiger partial charge on any atom is 0.166 e. The zero-order chi connectivity index (χ0) is 25.6. The highest BCUT2D eigenvalue weighted by molar-refractivity contribution is 5.75. The summed E-state index contributed by atoms with van der Waals surface area (Å²) in [5.41, 5.74) is 1.81. The Morgan fingerprint density at radius 2 is 1.36 bits per heavy atom. The summed E-state index contributed by atoms with van der Waals surface area (Å²) in [6, 6.07) is 3.61. The molecule has 0 radical (unpaired) electrons. The molecule has 1 fully saturated rings. The summed E-state index contributed by atoms with van der Waals surface area (Å²) >= 11 is 0. The second-order valence-electron chi connectivity index (χ2n) is 11.7. The number of allylic oxidation sites excluding steroid dienone is 4. The highest BCUT2D eigenvalue weighted by Crippen LogP contribution is 2.40. The molecule has 1 atom stereocenters. The first kappa shape index (κ1) is 29.1. The quantitative estimate of drug-likeness (QED) is 0.199. The third-order valence-electron chi connectivity index (χ3n) is 8.87. The van der Waals surface area contributed by atoms with Crippen LogP contribution in [0.1, 0.15) is 141 Å². The van der Waals surface area contributed by atoms with E-state index < -0.39 is 11.6 Å². The van der Waals surface area contributed by atoms with Crippen LogP contribution in [0.2, 0.25) is 0 Å². The number of aryl methyl sites for hydroxylation is 1. The fourth-order valence-electron chi connectivity index (χ4n) is 6.41. The van der Waals surface area contributed by atoms with Crippen molar-refractivity contribution >= 4 is 5.57 Å². The van der Waals surface area contributed by atoms with Gasteiger partial charge in [-0.05, 0) is 61.0 Å². The van der Waals surface area contributed by atoms with Gasteiger partial charge in [-0.2, -0.15) is 0 Å². The molecule has 2 aliphatic carbocycles. The van der Waals surface area contributed by atoms with Crippen LogP contribution in [0.3, 0.4) is 0 Å². The molecule has 0 N–H and O–H groups in total. The van der Waals surface area contributed by atoms with Gasteiger partial charge < -0.3 is 0 Å². The molecule has 0 heterocycles. The van der Waals surface area contributed by atoms with E-state index in [1.54, 1.807) is 6.07 Å². The molecule has 1 unspecified atom stereocenters. The van der Waals surface area contributed by atoms with Gasteiger partial charge in [-0.3, -0.25) is 0 Å². The van der Waals surface area contributed by atoms with Gasteiger partial charge in [-0.25, -0.2) is 8.78 Å². The summed E-state index contributed by atoms with van der Waals surface area (Å²) in [4.78, 5) is 0. The molecular formula is C34H52F2. The van der Waals surface area contributed by atoms with E-state index in [-0.39, 0.29) is 0 Å². The number of benzene rings is 1. The molecule has 0 aromatic heterocycles. The van der Waals surface area contributed by atoms with Gasteiger partial charge in [-0.15, -0.1) is 0 Å². The lowest BCUT2D eigenvalue weighted by Gasteiger charge is -2.33.